The molecule has 0 aliphatic carbocycles. The molecule has 0 saturated carbocycles. The third-order valence-corrected chi connectivity index (χ3v) is 2.90. The molecule has 5 nitrogen and oxygen atoms in total. The van der Waals surface area contributed by atoms with E-state index in [0.29, 0.717) is 22.9 Å². The van der Waals surface area contributed by atoms with Gasteiger partial charge in [0.25, 0.3) is 0 Å². The number of rotatable bonds is 4. The first-order valence-corrected chi connectivity index (χ1v) is 6.05. The Balaban J connectivity index is 2.59. The van der Waals surface area contributed by atoms with E-state index < -0.39 is 5.82 Å². The predicted octanol–water partition coefficient (Wildman–Crippen LogP) is 2.65. The van der Waals surface area contributed by atoms with Gasteiger partial charge in [0.1, 0.15) is 11.5 Å². The highest BCUT2D eigenvalue weighted by molar-refractivity contribution is 5.67. The Morgan fingerprint density at radius 3 is 2.50 bits per heavy atom. The molecule has 2 aromatic rings. The number of halogens is 1. The summed E-state index contributed by atoms with van der Waals surface area (Å²) in [6.07, 6.45) is 0. The van der Waals surface area contributed by atoms with Gasteiger partial charge in [0.2, 0.25) is 0 Å². The lowest BCUT2D eigenvalue weighted by molar-refractivity contribution is 0.395. The van der Waals surface area contributed by atoms with E-state index in [-0.39, 0.29) is 11.5 Å². The highest BCUT2D eigenvalue weighted by Crippen LogP contribution is 2.32. The number of nitrogens with one attached hydrogen (secondary N) is 1. The Morgan fingerprint density at radius 1 is 1.15 bits per heavy atom. The topological polar surface area (TPSA) is 56.3 Å². The molecule has 0 amide bonds. The van der Waals surface area contributed by atoms with Crippen LogP contribution in [0.2, 0.25) is 0 Å². The van der Waals surface area contributed by atoms with Crippen molar-refractivity contribution in [2.24, 2.45) is 0 Å². The first kappa shape index (κ1) is 14.0. The summed E-state index contributed by atoms with van der Waals surface area (Å²) >= 11 is 0. The molecule has 0 fully saturated rings. The number of hydrogen-bond donors (Lipinski definition) is 1. The van der Waals surface area contributed by atoms with Gasteiger partial charge in [-0.2, -0.15) is 0 Å². The first-order valence-electron chi connectivity index (χ1n) is 6.05. The van der Waals surface area contributed by atoms with Gasteiger partial charge in [-0.3, -0.25) is 0 Å². The lowest BCUT2D eigenvalue weighted by Crippen LogP contribution is -2.04. The molecule has 1 aromatic heterocycles. The summed E-state index contributed by atoms with van der Waals surface area (Å²) in [4.78, 5) is 8.34. The smallest absolute Gasteiger partial charge is 0.186 e. The first-order chi connectivity index (χ1) is 9.60. The van der Waals surface area contributed by atoms with Crippen LogP contribution in [0.25, 0.3) is 11.4 Å². The van der Waals surface area contributed by atoms with Crippen LogP contribution in [0.4, 0.5) is 10.2 Å². The number of ether oxygens (including phenoxy) is 2. The molecule has 0 spiro atoms. The zero-order valence-electron chi connectivity index (χ0n) is 11.8. The van der Waals surface area contributed by atoms with E-state index in [9.17, 15) is 4.39 Å². The predicted molar refractivity (Wildman–Crippen MR) is 74.8 cm³/mol. The van der Waals surface area contributed by atoms with Crippen LogP contribution in [0, 0.1) is 12.7 Å². The zero-order chi connectivity index (χ0) is 14.7. The summed E-state index contributed by atoms with van der Waals surface area (Å²) in [6.45, 7) is 1.59. The number of nitrogens with zero attached hydrogens (tertiary/aromatic N) is 2. The molecular formula is C14H16FN3O2. The van der Waals surface area contributed by atoms with Crippen LogP contribution < -0.4 is 14.8 Å². The summed E-state index contributed by atoms with van der Waals surface area (Å²) in [5.41, 5.74) is 0.949. The van der Waals surface area contributed by atoms with E-state index in [1.165, 1.54) is 0 Å². The van der Waals surface area contributed by atoms with Crippen LogP contribution in [0.5, 0.6) is 11.5 Å². The summed E-state index contributed by atoms with van der Waals surface area (Å²) in [7, 11) is 4.74. The Bertz CT molecular complexity index is 632. The van der Waals surface area contributed by atoms with Crippen LogP contribution in [-0.2, 0) is 0 Å². The van der Waals surface area contributed by atoms with Crippen molar-refractivity contribution in [3.8, 4) is 22.9 Å². The van der Waals surface area contributed by atoms with Gasteiger partial charge in [0.05, 0.1) is 25.5 Å². The van der Waals surface area contributed by atoms with Gasteiger partial charge >= 0.3 is 0 Å². The van der Waals surface area contributed by atoms with Crippen molar-refractivity contribution in [1.82, 2.24) is 9.97 Å². The Hall–Kier alpha value is -2.37. The largest absolute Gasteiger partial charge is 0.497 e. The number of anilines is 1. The second kappa shape index (κ2) is 5.73. The van der Waals surface area contributed by atoms with Crippen LogP contribution in [0.1, 0.15) is 5.69 Å². The van der Waals surface area contributed by atoms with E-state index in [0.717, 1.165) is 0 Å². The summed E-state index contributed by atoms with van der Waals surface area (Å²) < 4.78 is 24.2. The molecule has 0 aliphatic heterocycles. The fourth-order valence-electron chi connectivity index (χ4n) is 1.83. The van der Waals surface area contributed by atoms with E-state index in [4.69, 9.17) is 9.47 Å². The van der Waals surface area contributed by atoms with Gasteiger partial charge in [0.15, 0.2) is 17.5 Å². The molecule has 1 aromatic carbocycles. The quantitative estimate of drug-likeness (QED) is 0.931. The maximum atomic E-state index is 13.8. The normalized spacial score (nSPS) is 10.2. The highest BCUT2D eigenvalue weighted by Gasteiger charge is 2.15. The zero-order valence-corrected chi connectivity index (χ0v) is 11.8. The second-order valence-electron chi connectivity index (χ2n) is 4.11. The van der Waals surface area contributed by atoms with E-state index in [1.807, 2.05) is 0 Å². The lowest BCUT2D eigenvalue weighted by atomic mass is 10.1. The average molecular weight is 277 g/mol. The van der Waals surface area contributed by atoms with Gasteiger partial charge in [-0.25, -0.2) is 14.4 Å². The van der Waals surface area contributed by atoms with Crippen LogP contribution in [0.15, 0.2) is 18.2 Å². The molecule has 6 heteroatoms. The van der Waals surface area contributed by atoms with Gasteiger partial charge in [-0.05, 0) is 19.1 Å². The van der Waals surface area contributed by atoms with Crippen molar-refractivity contribution in [3.05, 3.63) is 29.7 Å². The Kier molecular flexibility index (Phi) is 4.02. The fraction of sp³-hybridized carbons (Fsp3) is 0.286. The molecular weight excluding hydrogens is 261 g/mol. The maximum absolute atomic E-state index is 13.8. The number of methoxy groups -OCH3 is 2. The maximum Gasteiger partial charge on any atom is 0.186 e. The molecule has 0 unspecified atom stereocenters. The molecule has 0 atom stereocenters. The molecule has 0 bridgehead atoms. The number of benzene rings is 1. The van der Waals surface area contributed by atoms with Crippen molar-refractivity contribution in [2.75, 3.05) is 26.6 Å². The molecule has 2 rings (SSSR count). The molecule has 0 saturated heterocycles. The van der Waals surface area contributed by atoms with Gasteiger partial charge in [-0.1, -0.05) is 0 Å². The minimum absolute atomic E-state index is 0.158. The van der Waals surface area contributed by atoms with Gasteiger partial charge in [-0.15, -0.1) is 0 Å². The van der Waals surface area contributed by atoms with E-state index in [2.05, 4.69) is 15.3 Å². The van der Waals surface area contributed by atoms with Crippen LogP contribution in [-0.4, -0.2) is 31.2 Å². The number of aryl methyl sites for hydroxylation is 1. The van der Waals surface area contributed by atoms with E-state index >= 15 is 0 Å². The molecule has 106 valence electrons. The minimum Gasteiger partial charge on any atom is -0.497 e. The third-order valence-electron chi connectivity index (χ3n) is 2.90. The standard InChI is InChI=1S/C14H16FN3O2/c1-8-12(15)14(16-2)18-13(17-8)10-6-5-9(19-3)7-11(10)20-4/h5-7H,1-4H3,(H,16,17,18). The summed E-state index contributed by atoms with van der Waals surface area (Å²) in [5.74, 6) is 1.33. The number of hydrogen-bond acceptors (Lipinski definition) is 5. The van der Waals surface area contributed by atoms with Crippen molar-refractivity contribution in [2.45, 2.75) is 6.92 Å². The Labute approximate surface area is 116 Å². The second-order valence-corrected chi connectivity index (χ2v) is 4.11. The average Bonchev–Trinajstić information content (AvgIpc) is 2.49. The van der Waals surface area contributed by atoms with Crippen LogP contribution in [0.3, 0.4) is 0 Å². The third kappa shape index (κ3) is 2.49. The van der Waals surface area contributed by atoms with Crippen molar-refractivity contribution >= 4 is 5.82 Å². The minimum atomic E-state index is -0.455. The monoisotopic (exact) mass is 277 g/mol. The summed E-state index contributed by atoms with van der Waals surface area (Å²) in [5, 5.41) is 2.71. The van der Waals surface area contributed by atoms with Crippen LogP contribution >= 0.6 is 0 Å². The molecule has 1 N–H and O–H groups in total. The van der Waals surface area contributed by atoms with Crippen molar-refractivity contribution < 1.29 is 13.9 Å². The van der Waals surface area contributed by atoms with E-state index in [1.54, 1.807) is 46.4 Å². The van der Waals surface area contributed by atoms with Crippen molar-refractivity contribution in [1.29, 1.82) is 0 Å². The number of aromatic nitrogens is 2. The summed E-state index contributed by atoms with van der Waals surface area (Å²) in [6, 6.07) is 5.29. The van der Waals surface area contributed by atoms with Gasteiger partial charge < -0.3 is 14.8 Å². The SMILES string of the molecule is CNc1nc(-c2ccc(OC)cc2OC)nc(C)c1F. The highest BCUT2D eigenvalue weighted by atomic mass is 19.1. The molecule has 1 heterocycles. The Morgan fingerprint density at radius 2 is 1.90 bits per heavy atom. The molecule has 0 radical (unpaired) electrons. The molecule has 0 aliphatic rings. The fourth-order valence-corrected chi connectivity index (χ4v) is 1.83. The molecule has 20 heavy (non-hydrogen) atoms. The van der Waals surface area contributed by atoms with Crippen molar-refractivity contribution in [3.63, 3.8) is 0 Å². The van der Waals surface area contributed by atoms with Gasteiger partial charge in [0, 0.05) is 13.1 Å². The lowest BCUT2D eigenvalue weighted by Gasteiger charge is -2.11.